The van der Waals surface area contributed by atoms with Crippen LogP contribution in [0.5, 0.6) is 5.75 Å². The average Bonchev–Trinajstić information content (AvgIpc) is 2.56. The molecule has 0 heterocycles. The van der Waals surface area contributed by atoms with Crippen molar-refractivity contribution in [3.05, 3.63) is 29.8 Å². The highest BCUT2D eigenvalue weighted by Crippen LogP contribution is 2.19. The Morgan fingerprint density at radius 1 is 1.15 bits per heavy atom. The van der Waals surface area contributed by atoms with E-state index in [1.54, 1.807) is 46.0 Å². The van der Waals surface area contributed by atoms with Crippen LogP contribution in [0.2, 0.25) is 0 Å². The predicted molar refractivity (Wildman–Crippen MR) is 100 cm³/mol. The molecular weight excluding hydrogens is 358 g/mol. The van der Waals surface area contributed by atoms with Crippen molar-refractivity contribution in [3.63, 3.8) is 0 Å². The number of ether oxygens (including phenoxy) is 2. The summed E-state index contributed by atoms with van der Waals surface area (Å²) >= 11 is 0. The molecule has 1 aromatic rings. The number of hydrogen-bond donors (Lipinski definition) is 3. The number of alkyl halides is 2. The Balaban J connectivity index is 2.33. The fraction of sp³-hybridized carbons (Fsp3) is 0.556. The Labute approximate surface area is 158 Å². The molecule has 0 spiro atoms. The van der Waals surface area contributed by atoms with Crippen LogP contribution in [0.1, 0.15) is 32.8 Å². The highest BCUT2D eigenvalue weighted by Gasteiger charge is 2.15. The van der Waals surface area contributed by atoms with Gasteiger partial charge < -0.3 is 25.4 Å². The normalized spacial score (nSPS) is 11.9. The maximum absolute atomic E-state index is 12.4. The van der Waals surface area contributed by atoms with Crippen molar-refractivity contribution in [1.29, 1.82) is 0 Å². The molecule has 0 aliphatic rings. The number of benzene rings is 1. The second kappa shape index (κ2) is 11.2. The molecule has 152 valence electrons. The summed E-state index contributed by atoms with van der Waals surface area (Å²) in [4.78, 5) is 15.6. The number of rotatable bonds is 8. The Morgan fingerprint density at radius 2 is 1.81 bits per heavy atom. The Kier molecular flexibility index (Phi) is 9.32. The molecule has 0 saturated heterocycles. The third kappa shape index (κ3) is 10.2. The molecule has 1 rings (SSSR count). The molecule has 9 heteroatoms. The molecule has 0 saturated carbocycles. The van der Waals surface area contributed by atoms with Crippen LogP contribution in [0.25, 0.3) is 0 Å². The molecule has 0 radical (unpaired) electrons. The van der Waals surface area contributed by atoms with Gasteiger partial charge in [0.1, 0.15) is 11.4 Å². The van der Waals surface area contributed by atoms with Crippen LogP contribution in [0.15, 0.2) is 29.3 Å². The quantitative estimate of drug-likeness (QED) is 0.364. The van der Waals surface area contributed by atoms with Crippen molar-refractivity contribution >= 4 is 12.1 Å². The number of nitrogens with zero attached hydrogens (tertiary/aromatic N) is 1. The second-order valence-electron chi connectivity index (χ2n) is 6.62. The zero-order valence-corrected chi connectivity index (χ0v) is 16.1. The van der Waals surface area contributed by atoms with Gasteiger partial charge in [0.25, 0.3) is 0 Å². The van der Waals surface area contributed by atoms with E-state index in [2.05, 4.69) is 25.7 Å². The largest absolute Gasteiger partial charge is 0.444 e. The molecule has 1 aromatic carbocycles. The minimum Gasteiger partial charge on any atom is -0.444 e. The van der Waals surface area contributed by atoms with Gasteiger partial charge in [-0.1, -0.05) is 18.2 Å². The fourth-order valence-corrected chi connectivity index (χ4v) is 2.06. The lowest BCUT2D eigenvalue weighted by atomic mass is 10.2. The van der Waals surface area contributed by atoms with Crippen LogP contribution in [0.3, 0.4) is 0 Å². The second-order valence-corrected chi connectivity index (χ2v) is 6.62. The van der Waals surface area contributed by atoms with E-state index in [4.69, 9.17) is 4.74 Å². The molecule has 0 aromatic heterocycles. The van der Waals surface area contributed by atoms with Crippen LogP contribution in [0, 0.1) is 0 Å². The van der Waals surface area contributed by atoms with Crippen molar-refractivity contribution in [2.75, 3.05) is 20.1 Å². The first-order valence-electron chi connectivity index (χ1n) is 8.65. The predicted octanol–water partition coefficient (Wildman–Crippen LogP) is 2.87. The SMILES string of the molecule is CN=C(NCCCNC(=O)OC(C)(C)C)NCc1ccccc1OC(F)F. The highest BCUT2D eigenvalue weighted by molar-refractivity contribution is 5.79. The van der Waals surface area contributed by atoms with Gasteiger partial charge in [0.15, 0.2) is 5.96 Å². The van der Waals surface area contributed by atoms with E-state index in [-0.39, 0.29) is 12.3 Å². The number of para-hydroxylation sites is 1. The average molecular weight is 386 g/mol. The Bertz CT molecular complexity index is 619. The summed E-state index contributed by atoms with van der Waals surface area (Å²) in [6.45, 7) is 3.81. The third-order valence-corrected chi connectivity index (χ3v) is 3.17. The number of aliphatic imine (C=N–C) groups is 1. The summed E-state index contributed by atoms with van der Waals surface area (Å²) in [5.74, 6) is 0.635. The first kappa shape index (κ1) is 22.5. The number of alkyl carbamates (subject to hydrolysis) is 1. The lowest BCUT2D eigenvalue weighted by Gasteiger charge is -2.19. The smallest absolute Gasteiger partial charge is 0.407 e. The number of nitrogens with one attached hydrogen (secondary N) is 3. The van der Waals surface area contributed by atoms with Gasteiger partial charge in [0.05, 0.1) is 0 Å². The van der Waals surface area contributed by atoms with Gasteiger partial charge in [0.2, 0.25) is 0 Å². The third-order valence-electron chi connectivity index (χ3n) is 3.17. The summed E-state index contributed by atoms with van der Waals surface area (Å²) < 4.78 is 34.5. The van der Waals surface area contributed by atoms with Crippen molar-refractivity contribution in [2.24, 2.45) is 4.99 Å². The standard InChI is InChI=1S/C18H28F2N4O3/c1-18(2,3)27-17(25)23-11-7-10-22-16(21-4)24-12-13-8-5-6-9-14(13)26-15(19)20/h5-6,8-9,15H,7,10-12H2,1-4H3,(H,23,25)(H2,21,22,24). The number of carbonyl (C=O) groups excluding carboxylic acids is 1. The summed E-state index contributed by atoms with van der Waals surface area (Å²) in [6.07, 6.45) is 0.200. The number of amides is 1. The molecule has 3 N–H and O–H groups in total. The minimum atomic E-state index is -2.87. The molecule has 0 fully saturated rings. The molecule has 27 heavy (non-hydrogen) atoms. The number of guanidine groups is 1. The van der Waals surface area contributed by atoms with Crippen LogP contribution < -0.4 is 20.7 Å². The van der Waals surface area contributed by atoms with E-state index in [1.807, 2.05) is 0 Å². The molecule has 1 amide bonds. The van der Waals surface area contributed by atoms with Crippen molar-refractivity contribution < 1.29 is 23.0 Å². The van der Waals surface area contributed by atoms with Gasteiger partial charge in [-0.05, 0) is 33.3 Å². The molecule has 0 aliphatic heterocycles. The van der Waals surface area contributed by atoms with E-state index in [0.29, 0.717) is 31.0 Å². The van der Waals surface area contributed by atoms with Gasteiger partial charge in [-0.2, -0.15) is 8.78 Å². The van der Waals surface area contributed by atoms with Crippen molar-refractivity contribution in [3.8, 4) is 5.75 Å². The molecule has 0 aliphatic carbocycles. The zero-order chi connectivity index (χ0) is 20.3. The summed E-state index contributed by atoms with van der Waals surface area (Å²) in [7, 11) is 1.61. The Hall–Kier alpha value is -2.58. The maximum Gasteiger partial charge on any atom is 0.407 e. The summed E-state index contributed by atoms with van der Waals surface area (Å²) in [5.41, 5.74) is 0.0610. The first-order valence-corrected chi connectivity index (χ1v) is 8.65. The van der Waals surface area contributed by atoms with E-state index < -0.39 is 18.3 Å². The lowest BCUT2D eigenvalue weighted by Crippen LogP contribution is -2.39. The van der Waals surface area contributed by atoms with Crippen molar-refractivity contribution in [1.82, 2.24) is 16.0 Å². The topological polar surface area (TPSA) is 84.0 Å². The van der Waals surface area contributed by atoms with E-state index >= 15 is 0 Å². The van der Waals surface area contributed by atoms with Gasteiger partial charge in [-0.3, -0.25) is 4.99 Å². The monoisotopic (exact) mass is 386 g/mol. The minimum absolute atomic E-state index is 0.122. The number of hydrogen-bond acceptors (Lipinski definition) is 4. The molecular formula is C18H28F2N4O3. The van der Waals surface area contributed by atoms with E-state index in [0.717, 1.165) is 0 Å². The molecule has 0 unspecified atom stereocenters. The molecule has 7 nitrogen and oxygen atoms in total. The number of halogens is 2. The lowest BCUT2D eigenvalue weighted by molar-refractivity contribution is -0.0504. The molecule has 0 atom stereocenters. The van der Waals surface area contributed by atoms with Crippen LogP contribution in [0.4, 0.5) is 13.6 Å². The fourth-order valence-electron chi connectivity index (χ4n) is 2.06. The summed E-state index contributed by atoms with van der Waals surface area (Å²) in [5, 5.41) is 8.78. The van der Waals surface area contributed by atoms with Gasteiger partial charge in [0, 0.05) is 32.2 Å². The van der Waals surface area contributed by atoms with Crippen LogP contribution in [-0.4, -0.2) is 44.4 Å². The Morgan fingerprint density at radius 3 is 2.44 bits per heavy atom. The maximum atomic E-state index is 12.4. The van der Waals surface area contributed by atoms with Crippen LogP contribution in [-0.2, 0) is 11.3 Å². The number of carbonyl (C=O) groups is 1. The first-order chi connectivity index (χ1) is 12.7. The van der Waals surface area contributed by atoms with Gasteiger partial charge in [-0.25, -0.2) is 4.79 Å². The van der Waals surface area contributed by atoms with Crippen LogP contribution >= 0.6 is 0 Å². The highest BCUT2D eigenvalue weighted by atomic mass is 19.3. The molecule has 0 bridgehead atoms. The zero-order valence-electron chi connectivity index (χ0n) is 16.1. The van der Waals surface area contributed by atoms with Gasteiger partial charge in [-0.15, -0.1) is 0 Å². The van der Waals surface area contributed by atoms with Crippen molar-refractivity contribution in [2.45, 2.75) is 45.9 Å². The van der Waals surface area contributed by atoms with Gasteiger partial charge >= 0.3 is 12.7 Å². The summed E-state index contributed by atoms with van der Waals surface area (Å²) in [6, 6.07) is 6.56. The van der Waals surface area contributed by atoms with E-state index in [9.17, 15) is 13.6 Å². The van der Waals surface area contributed by atoms with E-state index in [1.165, 1.54) is 6.07 Å².